The first-order valence-corrected chi connectivity index (χ1v) is 3.64. The molecule has 0 bridgehead atoms. The van der Waals surface area contributed by atoms with Crippen molar-refractivity contribution >= 4 is 5.78 Å². The summed E-state index contributed by atoms with van der Waals surface area (Å²) in [5, 5.41) is 7.93. The van der Waals surface area contributed by atoms with Gasteiger partial charge in [0.2, 0.25) is 5.76 Å². The van der Waals surface area contributed by atoms with E-state index in [1.54, 1.807) is 0 Å². The van der Waals surface area contributed by atoms with Gasteiger partial charge < -0.3 is 5.11 Å². The van der Waals surface area contributed by atoms with E-state index in [1.165, 1.54) is 0 Å². The Morgan fingerprint density at radius 3 is 1.33 bits per heavy atom. The van der Waals surface area contributed by atoms with Crippen molar-refractivity contribution in [2.24, 2.45) is 0 Å². The zero-order chi connectivity index (χ0) is 14.9. The molecule has 18 heavy (non-hydrogen) atoms. The SMILES string of the molecule is C=C.C=C.O=C(/C=C(\O)C(F)(F)F)C(F)(F)F.[Rh]. The van der Waals surface area contributed by atoms with E-state index in [-0.39, 0.29) is 19.5 Å². The number of aliphatic hydroxyl groups excluding tert-OH is 1. The summed E-state index contributed by atoms with van der Waals surface area (Å²) in [6.07, 6.45) is -11.7. The molecule has 0 aliphatic carbocycles. The van der Waals surface area contributed by atoms with E-state index in [4.69, 9.17) is 5.11 Å². The Morgan fingerprint density at radius 1 is 0.889 bits per heavy atom. The van der Waals surface area contributed by atoms with Gasteiger partial charge in [-0.25, -0.2) is 0 Å². The maximum absolute atomic E-state index is 11.4. The summed E-state index contributed by atoms with van der Waals surface area (Å²) in [4.78, 5) is 9.86. The molecule has 0 aromatic rings. The fraction of sp³-hybridized carbons (Fsp3) is 0.222. The van der Waals surface area contributed by atoms with Crippen molar-refractivity contribution in [1.82, 2.24) is 0 Å². The van der Waals surface area contributed by atoms with Crippen LogP contribution in [-0.4, -0.2) is 23.2 Å². The van der Waals surface area contributed by atoms with Crippen LogP contribution < -0.4 is 0 Å². The van der Waals surface area contributed by atoms with Crippen LogP contribution in [0.2, 0.25) is 0 Å². The first kappa shape index (κ1) is 25.7. The quantitative estimate of drug-likeness (QED) is 0.252. The average Bonchev–Trinajstić information content (AvgIpc) is 2.21. The van der Waals surface area contributed by atoms with Crippen LogP contribution >= 0.6 is 0 Å². The van der Waals surface area contributed by atoms with E-state index >= 15 is 0 Å². The molecule has 1 N–H and O–H groups in total. The summed E-state index contributed by atoms with van der Waals surface area (Å²) in [6.45, 7) is 12.0. The second-order valence-corrected chi connectivity index (χ2v) is 1.89. The number of alkyl halides is 6. The third-order valence-electron chi connectivity index (χ3n) is 0.838. The summed E-state index contributed by atoms with van der Waals surface area (Å²) >= 11 is 0. The predicted molar refractivity (Wildman–Crippen MR) is 50.3 cm³/mol. The molecule has 0 spiro atoms. The topological polar surface area (TPSA) is 37.3 Å². The molecule has 109 valence electrons. The third kappa shape index (κ3) is 13.0. The summed E-state index contributed by atoms with van der Waals surface area (Å²) in [5.74, 6) is -5.34. The standard InChI is InChI=1S/C5H2F6O2.2C2H4.Rh/c6-4(7,8)2(12)1-3(13)5(9,10)11;2*1-2;/h1,12H;2*1-2H2;/b2-1-;;;. The smallest absolute Gasteiger partial charge is 0.454 e. The maximum atomic E-state index is 11.4. The number of rotatable bonds is 1. The molecule has 0 rings (SSSR count). The fourth-order valence-corrected chi connectivity index (χ4v) is 0.288. The van der Waals surface area contributed by atoms with E-state index < -0.39 is 30.0 Å². The van der Waals surface area contributed by atoms with Gasteiger partial charge in [-0.2, -0.15) is 26.3 Å². The van der Waals surface area contributed by atoms with Gasteiger partial charge in [-0.3, -0.25) is 4.79 Å². The monoisotopic (exact) mass is 367 g/mol. The minimum absolute atomic E-state index is 0. The van der Waals surface area contributed by atoms with Crippen LogP contribution in [0.1, 0.15) is 0 Å². The molecular formula is C9H10F6O2Rh. The predicted octanol–water partition coefficient (Wildman–Crippen LogP) is 3.72. The second kappa shape index (κ2) is 11.0. The zero-order valence-corrected chi connectivity index (χ0v) is 10.5. The third-order valence-corrected chi connectivity index (χ3v) is 0.838. The summed E-state index contributed by atoms with van der Waals surface area (Å²) in [6, 6.07) is 0. The Kier molecular flexibility index (Phi) is 15.7. The van der Waals surface area contributed by atoms with Gasteiger partial charge in [-0.1, -0.05) is 0 Å². The second-order valence-electron chi connectivity index (χ2n) is 1.89. The van der Waals surface area contributed by atoms with Crippen molar-refractivity contribution in [3.8, 4) is 0 Å². The van der Waals surface area contributed by atoms with Crippen LogP contribution in [0.25, 0.3) is 0 Å². The van der Waals surface area contributed by atoms with E-state index in [0.29, 0.717) is 0 Å². The van der Waals surface area contributed by atoms with Crippen molar-refractivity contribution in [3.63, 3.8) is 0 Å². The Balaban J connectivity index is -0.000000177. The molecular weight excluding hydrogens is 357 g/mol. The number of halogens is 6. The van der Waals surface area contributed by atoms with E-state index in [2.05, 4.69) is 26.3 Å². The largest absolute Gasteiger partial charge is 0.504 e. The minimum Gasteiger partial charge on any atom is -0.504 e. The van der Waals surface area contributed by atoms with Gasteiger partial charge in [0.1, 0.15) is 0 Å². The van der Waals surface area contributed by atoms with Gasteiger partial charge in [-0.15, -0.1) is 26.3 Å². The number of aliphatic hydroxyl groups is 1. The van der Waals surface area contributed by atoms with E-state index in [1.807, 2.05) is 0 Å². The van der Waals surface area contributed by atoms with Crippen LogP contribution in [0, 0.1) is 0 Å². The normalized spacial score (nSPS) is 10.9. The summed E-state index contributed by atoms with van der Waals surface area (Å²) in [5.41, 5.74) is 0. The Bertz CT molecular complexity index is 267. The van der Waals surface area contributed by atoms with Crippen molar-refractivity contribution in [3.05, 3.63) is 38.2 Å². The Labute approximate surface area is 112 Å². The maximum Gasteiger partial charge on any atom is 0.454 e. The van der Waals surface area contributed by atoms with Gasteiger partial charge in [0.25, 0.3) is 5.78 Å². The van der Waals surface area contributed by atoms with Gasteiger partial charge >= 0.3 is 12.4 Å². The molecule has 0 aliphatic rings. The molecule has 1 radical (unpaired) electrons. The van der Waals surface area contributed by atoms with E-state index in [0.717, 1.165) is 0 Å². The summed E-state index contributed by atoms with van der Waals surface area (Å²) < 4.78 is 68.1. The molecule has 0 saturated heterocycles. The van der Waals surface area contributed by atoms with Gasteiger partial charge in [0.15, 0.2) is 0 Å². The van der Waals surface area contributed by atoms with Crippen LogP contribution in [-0.2, 0) is 24.3 Å². The molecule has 0 aliphatic heterocycles. The molecule has 9 heteroatoms. The number of hydrogen-bond donors (Lipinski definition) is 1. The number of carbonyl (C=O) groups is 1. The number of ketones is 1. The van der Waals surface area contributed by atoms with Crippen molar-refractivity contribution in [1.29, 1.82) is 0 Å². The van der Waals surface area contributed by atoms with Crippen molar-refractivity contribution < 1.29 is 55.7 Å². The van der Waals surface area contributed by atoms with Gasteiger partial charge in [-0.05, 0) is 0 Å². The molecule has 0 aromatic heterocycles. The van der Waals surface area contributed by atoms with Crippen LogP contribution in [0.3, 0.4) is 0 Å². The first-order valence-electron chi connectivity index (χ1n) is 3.64. The molecule has 0 fully saturated rings. The van der Waals surface area contributed by atoms with Crippen LogP contribution in [0.4, 0.5) is 26.3 Å². The molecule has 0 heterocycles. The average molecular weight is 367 g/mol. The number of allylic oxidation sites excluding steroid dienone is 2. The molecule has 2 nitrogen and oxygen atoms in total. The number of carbonyl (C=O) groups excluding carboxylic acids is 1. The van der Waals surface area contributed by atoms with E-state index in [9.17, 15) is 31.1 Å². The van der Waals surface area contributed by atoms with Crippen molar-refractivity contribution in [2.45, 2.75) is 12.4 Å². The molecule has 0 saturated carbocycles. The van der Waals surface area contributed by atoms with Crippen LogP contribution in [0.15, 0.2) is 38.2 Å². The first-order chi connectivity index (χ1) is 7.55. The zero-order valence-electron chi connectivity index (χ0n) is 8.86. The number of hydrogen-bond acceptors (Lipinski definition) is 2. The van der Waals surface area contributed by atoms with Crippen molar-refractivity contribution in [2.75, 3.05) is 0 Å². The molecule has 0 aromatic carbocycles. The van der Waals surface area contributed by atoms with Crippen LogP contribution in [0.5, 0.6) is 0 Å². The van der Waals surface area contributed by atoms with Gasteiger partial charge in [0.05, 0.1) is 0 Å². The summed E-state index contributed by atoms with van der Waals surface area (Å²) in [7, 11) is 0. The molecule has 0 unspecified atom stereocenters. The Hall–Kier alpha value is -1.11. The van der Waals surface area contributed by atoms with Gasteiger partial charge in [0, 0.05) is 25.6 Å². The fourth-order valence-electron chi connectivity index (χ4n) is 0.288. The minimum atomic E-state index is -5.42. The molecule has 0 atom stereocenters. The molecule has 0 amide bonds. The Morgan fingerprint density at radius 2 is 1.17 bits per heavy atom.